The summed E-state index contributed by atoms with van der Waals surface area (Å²) in [5.74, 6) is -3.12. The van der Waals surface area contributed by atoms with Crippen molar-refractivity contribution in [3.63, 3.8) is 0 Å². The number of hydrogen-bond donors (Lipinski definition) is 2. The van der Waals surface area contributed by atoms with Crippen molar-refractivity contribution in [2.24, 2.45) is 5.92 Å². The molecule has 0 radical (unpaired) electrons. The molecular formula is C12H19NO5. The van der Waals surface area contributed by atoms with Crippen molar-refractivity contribution in [3.8, 4) is 0 Å². The molecule has 6 heteroatoms. The van der Waals surface area contributed by atoms with E-state index in [0.717, 1.165) is 5.57 Å². The molecule has 1 amide bonds. The molecule has 0 heterocycles. The number of carboxylic acid groups (broad SMARTS) is 2. The summed E-state index contributed by atoms with van der Waals surface area (Å²) in [4.78, 5) is 34.3. The number of hydrogen-bond acceptors (Lipinski definition) is 3. The zero-order valence-electron chi connectivity index (χ0n) is 10.8. The van der Waals surface area contributed by atoms with Crippen LogP contribution in [0.5, 0.6) is 0 Å². The van der Waals surface area contributed by atoms with Gasteiger partial charge in [0.05, 0.1) is 12.3 Å². The van der Waals surface area contributed by atoms with Gasteiger partial charge >= 0.3 is 11.9 Å². The van der Waals surface area contributed by atoms with Crippen molar-refractivity contribution in [2.45, 2.75) is 27.2 Å². The number of amides is 1. The Morgan fingerprint density at radius 2 is 1.78 bits per heavy atom. The third-order valence-electron chi connectivity index (χ3n) is 2.24. The first-order valence-corrected chi connectivity index (χ1v) is 5.62. The molecule has 1 atom stereocenters. The van der Waals surface area contributed by atoms with E-state index < -0.39 is 17.9 Å². The van der Waals surface area contributed by atoms with Crippen molar-refractivity contribution >= 4 is 17.8 Å². The second kappa shape index (κ2) is 7.47. The number of aliphatic carboxylic acids is 2. The molecule has 0 spiro atoms. The summed E-state index contributed by atoms with van der Waals surface area (Å²) in [5, 5.41) is 17.4. The fourth-order valence-corrected chi connectivity index (χ4v) is 1.27. The molecule has 0 rings (SSSR count). The van der Waals surface area contributed by atoms with E-state index in [0.29, 0.717) is 0 Å². The summed E-state index contributed by atoms with van der Waals surface area (Å²) >= 11 is 0. The molecule has 0 aromatic heterocycles. The van der Waals surface area contributed by atoms with Gasteiger partial charge in [-0.1, -0.05) is 12.5 Å². The molecule has 1 unspecified atom stereocenters. The highest BCUT2D eigenvalue weighted by atomic mass is 16.4. The maximum absolute atomic E-state index is 11.8. The molecule has 102 valence electrons. The van der Waals surface area contributed by atoms with Gasteiger partial charge in [-0.25, -0.2) is 0 Å². The van der Waals surface area contributed by atoms with Crippen LogP contribution in [0.15, 0.2) is 11.6 Å². The second-order valence-electron chi connectivity index (χ2n) is 4.39. The topological polar surface area (TPSA) is 94.9 Å². The fourth-order valence-electron chi connectivity index (χ4n) is 1.27. The molecule has 0 saturated heterocycles. The number of rotatable bonds is 7. The van der Waals surface area contributed by atoms with E-state index in [1.165, 1.54) is 17.9 Å². The van der Waals surface area contributed by atoms with Crippen LogP contribution in [0.1, 0.15) is 27.2 Å². The van der Waals surface area contributed by atoms with E-state index in [1.807, 2.05) is 0 Å². The van der Waals surface area contributed by atoms with Gasteiger partial charge in [0.2, 0.25) is 5.91 Å². The number of carbonyl (C=O) groups is 3. The van der Waals surface area contributed by atoms with Crippen LogP contribution < -0.4 is 0 Å². The first-order chi connectivity index (χ1) is 8.23. The predicted molar refractivity (Wildman–Crippen MR) is 65.1 cm³/mol. The Kier molecular flexibility index (Phi) is 6.70. The lowest BCUT2D eigenvalue weighted by atomic mass is 10.1. The average molecular weight is 257 g/mol. The third-order valence-corrected chi connectivity index (χ3v) is 2.24. The number of carbonyl (C=O) groups excluding carboxylic acids is 1. The van der Waals surface area contributed by atoms with Crippen molar-refractivity contribution < 1.29 is 24.6 Å². The quantitative estimate of drug-likeness (QED) is 0.663. The molecule has 2 N–H and O–H groups in total. The zero-order valence-corrected chi connectivity index (χ0v) is 10.8. The average Bonchev–Trinajstić information content (AvgIpc) is 2.21. The second-order valence-corrected chi connectivity index (χ2v) is 4.39. The van der Waals surface area contributed by atoms with Gasteiger partial charge in [-0.05, 0) is 13.8 Å². The minimum absolute atomic E-state index is 0.00519. The van der Waals surface area contributed by atoms with Gasteiger partial charge in [0.15, 0.2) is 0 Å². The molecule has 0 fully saturated rings. The SMILES string of the molecule is CC(C)=CC(=O)N(CCC(=O)O)CC(C)C(=O)O. The first kappa shape index (κ1) is 16.1. The lowest BCUT2D eigenvalue weighted by Crippen LogP contribution is -2.37. The molecule has 0 aromatic rings. The summed E-state index contributed by atoms with van der Waals surface area (Å²) < 4.78 is 0. The normalized spacial score (nSPS) is 11.5. The molecule has 0 bridgehead atoms. The van der Waals surface area contributed by atoms with Gasteiger partial charge in [0, 0.05) is 19.2 Å². The van der Waals surface area contributed by atoms with Crippen LogP contribution in [0.25, 0.3) is 0 Å². The maximum atomic E-state index is 11.8. The summed E-state index contributed by atoms with van der Waals surface area (Å²) in [6.07, 6.45) is 1.17. The maximum Gasteiger partial charge on any atom is 0.308 e. The Morgan fingerprint density at radius 1 is 1.22 bits per heavy atom. The van der Waals surface area contributed by atoms with Crippen LogP contribution in [-0.2, 0) is 14.4 Å². The summed E-state index contributed by atoms with van der Waals surface area (Å²) in [6, 6.07) is 0. The largest absolute Gasteiger partial charge is 0.481 e. The number of nitrogens with zero attached hydrogens (tertiary/aromatic N) is 1. The Balaban J connectivity index is 4.71. The Morgan fingerprint density at radius 3 is 2.17 bits per heavy atom. The van der Waals surface area contributed by atoms with Gasteiger partial charge in [0.1, 0.15) is 0 Å². The minimum Gasteiger partial charge on any atom is -0.481 e. The molecule has 6 nitrogen and oxygen atoms in total. The molecule has 0 aliphatic rings. The number of carboxylic acids is 2. The monoisotopic (exact) mass is 257 g/mol. The van der Waals surface area contributed by atoms with Crippen LogP contribution in [0, 0.1) is 5.92 Å². The van der Waals surface area contributed by atoms with E-state index in [-0.39, 0.29) is 25.4 Å². The van der Waals surface area contributed by atoms with Gasteiger partial charge in [-0.15, -0.1) is 0 Å². The lowest BCUT2D eigenvalue weighted by Gasteiger charge is -2.22. The number of allylic oxidation sites excluding steroid dienone is 1. The first-order valence-electron chi connectivity index (χ1n) is 5.62. The highest BCUT2D eigenvalue weighted by Crippen LogP contribution is 2.04. The molecule has 0 aromatic carbocycles. The van der Waals surface area contributed by atoms with Gasteiger partial charge < -0.3 is 15.1 Å². The fraction of sp³-hybridized carbons (Fsp3) is 0.583. The Hall–Kier alpha value is -1.85. The molecule has 0 aliphatic carbocycles. The van der Waals surface area contributed by atoms with E-state index in [9.17, 15) is 14.4 Å². The van der Waals surface area contributed by atoms with Crippen LogP contribution in [-0.4, -0.2) is 46.0 Å². The van der Waals surface area contributed by atoms with Crippen LogP contribution in [0.4, 0.5) is 0 Å². The van der Waals surface area contributed by atoms with Crippen LogP contribution in [0.2, 0.25) is 0 Å². The lowest BCUT2D eigenvalue weighted by molar-refractivity contribution is -0.142. The third kappa shape index (κ3) is 6.67. The molecule has 0 saturated carbocycles. The van der Waals surface area contributed by atoms with Gasteiger partial charge in [-0.2, -0.15) is 0 Å². The van der Waals surface area contributed by atoms with Crippen molar-refractivity contribution in [1.29, 1.82) is 0 Å². The Labute approximate surface area is 106 Å². The van der Waals surface area contributed by atoms with Crippen molar-refractivity contribution in [1.82, 2.24) is 4.90 Å². The molecule has 0 aliphatic heterocycles. The summed E-state index contributed by atoms with van der Waals surface area (Å²) in [5.41, 5.74) is 0.781. The van der Waals surface area contributed by atoms with Crippen LogP contribution >= 0.6 is 0 Å². The highest BCUT2D eigenvalue weighted by molar-refractivity contribution is 5.88. The smallest absolute Gasteiger partial charge is 0.308 e. The van der Waals surface area contributed by atoms with Crippen molar-refractivity contribution in [3.05, 3.63) is 11.6 Å². The van der Waals surface area contributed by atoms with E-state index in [4.69, 9.17) is 10.2 Å². The predicted octanol–water partition coefficient (Wildman–Crippen LogP) is 0.977. The molecular weight excluding hydrogens is 238 g/mol. The molecule has 18 heavy (non-hydrogen) atoms. The van der Waals surface area contributed by atoms with Gasteiger partial charge in [0.25, 0.3) is 0 Å². The van der Waals surface area contributed by atoms with Crippen molar-refractivity contribution in [2.75, 3.05) is 13.1 Å². The van der Waals surface area contributed by atoms with E-state index in [2.05, 4.69) is 0 Å². The minimum atomic E-state index is -1.02. The zero-order chi connectivity index (χ0) is 14.3. The van der Waals surface area contributed by atoms with E-state index in [1.54, 1.807) is 13.8 Å². The summed E-state index contributed by atoms with van der Waals surface area (Å²) in [7, 11) is 0. The summed E-state index contributed by atoms with van der Waals surface area (Å²) in [6.45, 7) is 4.98. The Bertz CT molecular complexity index is 357. The van der Waals surface area contributed by atoms with Gasteiger partial charge in [-0.3, -0.25) is 14.4 Å². The van der Waals surface area contributed by atoms with E-state index >= 15 is 0 Å². The van der Waals surface area contributed by atoms with Crippen LogP contribution in [0.3, 0.4) is 0 Å². The standard InChI is InChI=1S/C12H19NO5/c1-8(2)6-10(14)13(5-4-11(15)16)7-9(3)12(17)18/h6,9H,4-5,7H2,1-3H3,(H,15,16)(H,17,18). The highest BCUT2D eigenvalue weighted by Gasteiger charge is 2.19.